The number of quaternary nitrogens is 1. The summed E-state index contributed by atoms with van der Waals surface area (Å²) in [7, 11) is 2.32. The van der Waals surface area contributed by atoms with Crippen molar-refractivity contribution in [2.75, 3.05) is 20.1 Å². The van der Waals surface area contributed by atoms with Crippen molar-refractivity contribution >= 4 is 5.97 Å². The molecule has 4 heteroatoms. The Morgan fingerprint density at radius 3 is 2.59 bits per heavy atom. The predicted octanol–water partition coefficient (Wildman–Crippen LogP) is 3.24. The summed E-state index contributed by atoms with van der Waals surface area (Å²) >= 11 is 0. The standard InChI is InChI=1S/C25H43NO3/c1-16(6-5-7-22(28)29)18-8-9-19-23-20(10-11-25(18,19)3)24(2)12-13-26(4)15-17(24)14-21(23)27/h16-21,23,27H,5-15H2,1-4H3,(H,28,29)/p+1/t16-,17-,18-,19+,20+,21+,23+,24+,25-/m1/s1. The molecule has 4 nitrogen and oxygen atoms in total. The fourth-order valence-corrected chi connectivity index (χ4v) is 8.98. The zero-order valence-corrected chi connectivity index (χ0v) is 19.1. The van der Waals surface area contributed by atoms with Crippen LogP contribution in [-0.2, 0) is 4.79 Å². The largest absolute Gasteiger partial charge is 0.481 e. The summed E-state index contributed by atoms with van der Waals surface area (Å²) in [5, 5.41) is 20.4. The van der Waals surface area contributed by atoms with Crippen molar-refractivity contribution in [2.45, 2.75) is 84.7 Å². The summed E-state index contributed by atoms with van der Waals surface area (Å²) in [6, 6.07) is 0. The Morgan fingerprint density at radius 2 is 1.86 bits per heavy atom. The van der Waals surface area contributed by atoms with Crippen molar-refractivity contribution < 1.29 is 19.9 Å². The second-order valence-electron chi connectivity index (χ2n) is 11.9. The van der Waals surface area contributed by atoms with Gasteiger partial charge in [0.05, 0.1) is 26.2 Å². The number of carbonyl (C=O) groups is 1. The molecule has 0 spiro atoms. The molecule has 4 fully saturated rings. The van der Waals surface area contributed by atoms with Crippen LogP contribution in [0, 0.1) is 46.3 Å². The van der Waals surface area contributed by atoms with Gasteiger partial charge in [0.2, 0.25) is 0 Å². The Kier molecular flexibility index (Phi) is 5.83. The normalized spacial score (nSPS) is 50.3. The van der Waals surface area contributed by atoms with Crippen LogP contribution in [0.25, 0.3) is 0 Å². The maximum Gasteiger partial charge on any atom is 0.303 e. The minimum atomic E-state index is -0.665. The van der Waals surface area contributed by atoms with E-state index in [-0.39, 0.29) is 6.10 Å². The van der Waals surface area contributed by atoms with Gasteiger partial charge in [-0.25, -0.2) is 0 Å². The van der Waals surface area contributed by atoms with E-state index >= 15 is 0 Å². The van der Waals surface area contributed by atoms with Crippen LogP contribution in [0.5, 0.6) is 0 Å². The number of hydrogen-bond donors (Lipinski definition) is 3. The number of piperidine rings is 1. The predicted molar refractivity (Wildman–Crippen MR) is 115 cm³/mol. The van der Waals surface area contributed by atoms with E-state index in [9.17, 15) is 9.90 Å². The smallest absolute Gasteiger partial charge is 0.303 e. The molecule has 0 radical (unpaired) electrons. The van der Waals surface area contributed by atoms with Crippen molar-refractivity contribution in [2.24, 2.45) is 46.3 Å². The molecule has 1 aliphatic heterocycles. The summed E-state index contributed by atoms with van der Waals surface area (Å²) in [6.45, 7) is 9.98. The molecule has 3 aliphatic carbocycles. The molecule has 0 aromatic heterocycles. The first-order valence-electron chi connectivity index (χ1n) is 12.4. The van der Waals surface area contributed by atoms with Gasteiger partial charge in [-0.3, -0.25) is 4.79 Å². The summed E-state index contributed by atoms with van der Waals surface area (Å²) in [5.41, 5.74) is 0.765. The van der Waals surface area contributed by atoms with Crippen LogP contribution in [0.3, 0.4) is 0 Å². The molecule has 0 bridgehead atoms. The van der Waals surface area contributed by atoms with E-state index in [2.05, 4.69) is 27.8 Å². The van der Waals surface area contributed by atoms with E-state index < -0.39 is 5.97 Å². The second kappa shape index (κ2) is 7.82. The molecule has 4 rings (SSSR count). The average molecular weight is 407 g/mol. The summed E-state index contributed by atoms with van der Waals surface area (Å²) in [6.07, 6.45) is 9.52. The molecule has 166 valence electrons. The van der Waals surface area contributed by atoms with Gasteiger partial charge in [0.1, 0.15) is 0 Å². The van der Waals surface area contributed by atoms with Crippen LogP contribution >= 0.6 is 0 Å². The monoisotopic (exact) mass is 406 g/mol. The van der Waals surface area contributed by atoms with E-state index in [1.54, 1.807) is 4.90 Å². The highest BCUT2D eigenvalue weighted by atomic mass is 16.4. The minimum absolute atomic E-state index is 0.116. The van der Waals surface area contributed by atoms with Crippen LogP contribution < -0.4 is 4.90 Å². The molecular weight excluding hydrogens is 362 g/mol. The number of aliphatic hydroxyl groups is 1. The van der Waals surface area contributed by atoms with Crippen molar-refractivity contribution in [3.8, 4) is 0 Å². The Labute approximate surface area is 177 Å². The third kappa shape index (κ3) is 3.56. The number of carboxylic acids is 1. The number of aliphatic hydroxyl groups excluding tert-OH is 1. The molecular formula is C25H44NO3+. The Hall–Kier alpha value is -0.610. The molecule has 10 atom stereocenters. The highest BCUT2D eigenvalue weighted by Gasteiger charge is 2.63. The van der Waals surface area contributed by atoms with Crippen molar-refractivity contribution in [1.82, 2.24) is 0 Å². The topological polar surface area (TPSA) is 62.0 Å². The lowest BCUT2D eigenvalue weighted by Crippen LogP contribution is -3.11. The molecule has 3 saturated carbocycles. The Balaban J connectivity index is 1.51. The van der Waals surface area contributed by atoms with Gasteiger partial charge in [-0.15, -0.1) is 0 Å². The Morgan fingerprint density at radius 1 is 1.14 bits per heavy atom. The quantitative estimate of drug-likeness (QED) is 0.657. The van der Waals surface area contributed by atoms with Crippen LogP contribution in [0.1, 0.15) is 78.6 Å². The molecule has 29 heavy (non-hydrogen) atoms. The number of aliphatic carboxylic acids is 1. The van der Waals surface area contributed by atoms with Gasteiger partial charge in [-0.1, -0.05) is 20.8 Å². The van der Waals surface area contributed by atoms with Gasteiger partial charge in [0, 0.05) is 18.8 Å². The highest BCUT2D eigenvalue weighted by molar-refractivity contribution is 5.66. The van der Waals surface area contributed by atoms with E-state index in [1.165, 1.54) is 45.2 Å². The number of likely N-dealkylation sites (tertiary alicyclic amines) is 1. The second-order valence-corrected chi connectivity index (χ2v) is 11.9. The van der Waals surface area contributed by atoms with Crippen molar-refractivity contribution in [1.29, 1.82) is 0 Å². The number of fused-ring (bicyclic) bond motifs is 5. The van der Waals surface area contributed by atoms with Gasteiger partial charge in [-0.05, 0) is 85.4 Å². The maximum atomic E-state index is 11.4. The summed E-state index contributed by atoms with van der Waals surface area (Å²) < 4.78 is 0. The first kappa shape index (κ1) is 21.6. The lowest BCUT2D eigenvalue weighted by atomic mass is 9.44. The molecule has 0 aromatic rings. The van der Waals surface area contributed by atoms with E-state index in [4.69, 9.17) is 5.11 Å². The third-order valence-corrected chi connectivity index (χ3v) is 10.6. The van der Waals surface area contributed by atoms with Gasteiger partial charge in [-0.2, -0.15) is 0 Å². The zero-order chi connectivity index (χ0) is 21.0. The minimum Gasteiger partial charge on any atom is -0.481 e. The Bertz CT molecular complexity index is 623. The van der Waals surface area contributed by atoms with Crippen LogP contribution in [0.2, 0.25) is 0 Å². The van der Waals surface area contributed by atoms with Crippen molar-refractivity contribution in [3.63, 3.8) is 0 Å². The SMILES string of the molecule is C[C@H](CCCC(=O)O)[C@H]1CC[C@H]2[C@@H]3[C@@H](O)C[C@@H]4C[NH+](C)CC[C@]4(C)[C@H]3CC[C@]12C. The van der Waals surface area contributed by atoms with Crippen LogP contribution in [-0.4, -0.2) is 42.4 Å². The molecule has 4 aliphatic rings. The summed E-state index contributed by atoms with van der Waals surface area (Å²) in [5.74, 6) is 3.16. The van der Waals surface area contributed by atoms with Gasteiger partial charge in [0.15, 0.2) is 0 Å². The fourth-order valence-electron chi connectivity index (χ4n) is 8.98. The lowest BCUT2D eigenvalue weighted by molar-refractivity contribution is -0.893. The highest BCUT2D eigenvalue weighted by Crippen LogP contribution is 2.67. The van der Waals surface area contributed by atoms with Gasteiger partial charge in [0.25, 0.3) is 0 Å². The molecule has 0 aromatic carbocycles. The molecule has 0 amide bonds. The third-order valence-electron chi connectivity index (χ3n) is 10.6. The molecule has 1 heterocycles. The van der Waals surface area contributed by atoms with Gasteiger partial charge >= 0.3 is 5.97 Å². The number of nitrogens with one attached hydrogen (secondary N) is 1. The van der Waals surface area contributed by atoms with Crippen LogP contribution in [0.15, 0.2) is 0 Å². The number of hydrogen-bond acceptors (Lipinski definition) is 2. The van der Waals surface area contributed by atoms with Gasteiger partial charge < -0.3 is 15.1 Å². The molecule has 1 saturated heterocycles. The average Bonchev–Trinajstić information content (AvgIpc) is 3.00. The first-order chi connectivity index (χ1) is 13.7. The first-order valence-corrected chi connectivity index (χ1v) is 12.4. The molecule has 3 N–H and O–H groups in total. The fraction of sp³-hybridized carbons (Fsp3) is 0.960. The number of carboxylic acid groups (broad SMARTS) is 1. The van der Waals surface area contributed by atoms with E-state index in [0.717, 1.165) is 19.3 Å². The summed E-state index contributed by atoms with van der Waals surface area (Å²) in [4.78, 5) is 12.6. The van der Waals surface area contributed by atoms with E-state index in [0.29, 0.717) is 52.8 Å². The lowest BCUT2D eigenvalue weighted by Gasteiger charge is -2.62. The van der Waals surface area contributed by atoms with Crippen molar-refractivity contribution in [3.05, 3.63) is 0 Å². The number of rotatable bonds is 5. The van der Waals surface area contributed by atoms with Crippen LogP contribution in [0.4, 0.5) is 0 Å². The van der Waals surface area contributed by atoms with E-state index in [1.807, 2.05) is 0 Å². The molecule has 1 unspecified atom stereocenters. The maximum absolute atomic E-state index is 11.4. The zero-order valence-electron chi connectivity index (χ0n) is 19.1.